The Labute approximate surface area is 192 Å². The summed E-state index contributed by atoms with van der Waals surface area (Å²) in [5.74, 6) is -1.23. The van der Waals surface area contributed by atoms with Crippen molar-refractivity contribution in [2.24, 2.45) is 10.2 Å². The number of hydrogen-bond donors (Lipinski definition) is 2. The quantitative estimate of drug-likeness (QED) is 0.260. The van der Waals surface area contributed by atoms with Crippen LogP contribution in [-0.2, 0) is 22.4 Å². The first-order valence-electron chi connectivity index (χ1n) is 9.61. The molecule has 0 radical (unpaired) electrons. The van der Waals surface area contributed by atoms with Gasteiger partial charge in [-0.25, -0.2) is 0 Å². The summed E-state index contributed by atoms with van der Waals surface area (Å²) in [5, 5.41) is 12.0. The van der Waals surface area contributed by atoms with Crippen molar-refractivity contribution < 1.29 is 27.5 Å². The van der Waals surface area contributed by atoms with Gasteiger partial charge in [0.15, 0.2) is 5.17 Å². The standard InChI is InChI=1S/C21H22F3N5O3S/c1-13-6-4-8-16(26-13)12-19(31)28-20(29-25-3)33-14(2)27-18(30)11-15-7-5-9-17(10-15)32-21(22,23)24/h4-10,14H,3,11-12H2,1-2H3,(H,27,30)(H,28,29,31). The number of benzene rings is 1. The zero-order valence-corrected chi connectivity index (χ0v) is 18.7. The first kappa shape index (κ1) is 25.8. The second-order valence-corrected chi connectivity index (χ2v) is 8.07. The number of aromatic nitrogens is 1. The average Bonchev–Trinajstić information content (AvgIpc) is 2.66. The number of ether oxygens (including phenoxy) is 1. The molecule has 1 atom stereocenters. The molecule has 8 nitrogen and oxygen atoms in total. The highest BCUT2D eigenvalue weighted by atomic mass is 32.2. The Balaban J connectivity index is 1.90. The van der Waals surface area contributed by atoms with Gasteiger partial charge in [0.05, 0.1) is 18.2 Å². The minimum Gasteiger partial charge on any atom is -0.406 e. The smallest absolute Gasteiger partial charge is 0.406 e. The summed E-state index contributed by atoms with van der Waals surface area (Å²) in [5.41, 5.74) is 1.71. The summed E-state index contributed by atoms with van der Waals surface area (Å²) in [4.78, 5) is 28.9. The Morgan fingerprint density at radius 3 is 2.58 bits per heavy atom. The lowest BCUT2D eigenvalue weighted by Gasteiger charge is -2.15. The number of alkyl halides is 3. The maximum Gasteiger partial charge on any atom is 0.573 e. The van der Waals surface area contributed by atoms with Crippen LogP contribution in [0.4, 0.5) is 13.2 Å². The van der Waals surface area contributed by atoms with E-state index in [4.69, 9.17) is 0 Å². The largest absolute Gasteiger partial charge is 0.573 e. The zero-order valence-electron chi connectivity index (χ0n) is 17.8. The highest BCUT2D eigenvalue weighted by Gasteiger charge is 2.31. The third-order valence-corrected chi connectivity index (χ3v) is 4.72. The molecule has 1 unspecified atom stereocenters. The first-order chi connectivity index (χ1) is 15.5. The van der Waals surface area contributed by atoms with E-state index < -0.39 is 23.4 Å². The van der Waals surface area contributed by atoms with Crippen LogP contribution in [0.5, 0.6) is 5.75 Å². The van der Waals surface area contributed by atoms with Crippen LogP contribution < -0.4 is 15.4 Å². The lowest BCUT2D eigenvalue weighted by atomic mass is 10.1. The fourth-order valence-electron chi connectivity index (χ4n) is 2.68. The van der Waals surface area contributed by atoms with E-state index in [1.54, 1.807) is 19.1 Å². The molecule has 2 amide bonds. The van der Waals surface area contributed by atoms with Gasteiger partial charge in [0.25, 0.3) is 0 Å². The van der Waals surface area contributed by atoms with Crippen LogP contribution >= 0.6 is 11.8 Å². The summed E-state index contributed by atoms with van der Waals surface area (Å²) in [7, 11) is 0. The van der Waals surface area contributed by atoms with E-state index in [2.05, 4.69) is 37.3 Å². The fraction of sp³-hybridized carbons (Fsp3) is 0.286. The number of hydrogen-bond acceptors (Lipinski definition) is 7. The lowest BCUT2D eigenvalue weighted by molar-refractivity contribution is -0.274. The molecule has 2 rings (SSSR count). The van der Waals surface area contributed by atoms with Gasteiger partial charge in [0.1, 0.15) is 5.75 Å². The summed E-state index contributed by atoms with van der Waals surface area (Å²) in [6, 6.07) is 10.5. The van der Waals surface area contributed by atoms with Crippen LogP contribution in [0.3, 0.4) is 0 Å². The van der Waals surface area contributed by atoms with E-state index in [1.807, 2.05) is 13.0 Å². The molecular formula is C21H22F3N5O3S. The maximum atomic E-state index is 12.4. The molecule has 2 N–H and O–H groups in total. The number of thioether (sulfide) groups is 1. The number of rotatable bonds is 8. The summed E-state index contributed by atoms with van der Waals surface area (Å²) in [6.07, 6.45) is -4.96. The molecule has 33 heavy (non-hydrogen) atoms. The molecule has 0 bridgehead atoms. The van der Waals surface area contributed by atoms with E-state index in [1.165, 1.54) is 12.1 Å². The summed E-state index contributed by atoms with van der Waals surface area (Å²) >= 11 is 1.02. The number of nitrogens with one attached hydrogen (secondary N) is 2. The van der Waals surface area contributed by atoms with Crippen LogP contribution in [0, 0.1) is 6.92 Å². The zero-order chi connectivity index (χ0) is 24.4. The van der Waals surface area contributed by atoms with E-state index in [0.29, 0.717) is 11.3 Å². The van der Waals surface area contributed by atoms with Crippen LogP contribution in [-0.4, -0.2) is 40.4 Å². The topological polar surface area (TPSA) is 105 Å². The normalized spacial score (nSPS) is 12.6. The Kier molecular flexibility index (Phi) is 9.40. The van der Waals surface area contributed by atoms with Crippen molar-refractivity contribution >= 4 is 35.5 Å². The fourth-order valence-corrected chi connectivity index (χ4v) is 3.48. The van der Waals surface area contributed by atoms with Gasteiger partial charge in [0, 0.05) is 18.1 Å². The first-order valence-corrected chi connectivity index (χ1v) is 10.5. The second kappa shape index (κ2) is 12.0. The van der Waals surface area contributed by atoms with Crippen LogP contribution in [0.25, 0.3) is 0 Å². The van der Waals surface area contributed by atoms with Crippen molar-refractivity contribution in [3.8, 4) is 5.75 Å². The molecule has 0 aliphatic heterocycles. The van der Waals surface area contributed by atoms with Gasteiger partial charge in [-0.2, -0.15) is 5.10 Å². The van der Waals surface area contributed by atoms with Gasteiger partial charge >= 0.3 is 6.36 Å². The average molecular weight is 482 g/mol. The molecule has 1 heterocycles. The highest BCUT2D eigenvalue weighted by Crippen LogP contribution is 2.23. The molecule has 2 aromatic rings. The Hall–Kier alpha value is -3.41. The Morgan fingerprint density at radius 1 is 1.18 bits per heavy atom. The SMILES string of the molecule is C=N/N=C(/NC(=O)Cc1cccc(C)n1)SC(C)NC(=O)Cc1cccc(OC(F)(F)F)c1. The maximum absolute atomic E-state index is 12.4. The monoisotopic (exact) mass is 481 g/mol. The number of amides is 2. The number of aryl methyl sites for hydroxylation is 1. The number of halogens is 3. The molecule has 1 aromatic heterocycles. The predicted octanol–water partition coefficient (Wildman–Crippen LogP) is 3.36. The molecule has 0 aliphatic carbocycles. The Bertz CT molecular complexity index is 1030. The van der Waals surface area contributed by atoms with Crippen molar-refractivity contribution in [3.63, 3.8) is 0 Å². The molecule has 12 heteroatoms. The predicted molar refractivity (Wildman–Crippen MR) is 120 cm³/mol. The lowest BCUT2D eigenvalue weighted by Crippen LogP contribution is -2.36. The van der Waals surface area contributed by atoms with E-state index in [9.17, 15) is 22.8 Å². The van der Waals surface area contributed by atoms with Gasteiger partial charge in [-0.1, -0.05) is 30.0 Å². The molecule has 0 aliphatic rings. The summed E-state index contributed by atoms with van der Waals surface area (Å²) < 4.78 is 40.9. The number of carbonyl (C=O) groups is 2. The van der Waals surface area contributed by atoms with Gasteiger partial charge in [-0.05, 0) is 43.7 Å². The summed E-state index contributed by atoms with van der Waals surface area (Å²) in [6.45, 7) is 6.73. The van der Waals surface area contributed by atoms with Crippen molar-refractivity contribution in [1.82, 2.24) is 15.6 Å². The number of amidine groups is 1. The van der Waals surface area contributed by atoms with E-state index in [0.717, 1.165) is 29.6 Å². The minimum absolute atomic E-state index is 0.0233. The van der Waals surface area contributed by atoms with E-state index >= 15 is 0 Å². The number of nitrogens with zero attached hydrogens (tertiary/aromatic N) is 3. The van der Waals surface area contributed by atoms with Crippen molar-refractivity contribution in [1.29, 1.82) is 0 Å². The van der Waals surface area contributed by atoms with Crippen LogP contribution in [0.15, 0.2) is 52.7 Å². The van der Waals surface area contributed by atoms with Gasteiger partial charge in [-0.3, -0.25) is 14.6 Å². The Morgan fingerprint density at radius 2 is 1.91 bits per heavy atom. The number of carbonyl (C=O) groups excluding carboxylic acids is 2. The van der Waals surface area contributed by atoms with Gasteiger partial charge in [-0.15, -0.1) is 18.3 Å². The van der Waals surface area contributed by atoms with Crippen molar-refractivity contribution in [2.45, 2.75) is 38.4 Å². The third-order valence-electron chi connectivity index (χ3n) is 3.84. The number of pyridine rings is 1. The van der Waals surface area contributed by atoms with Crippen LogP contribution in [0.1, 0.15) is 23.9 Å². The van der Waals surface area contributed by atoms with Crippen molar-refractivity contribution in [3.05, 3.63) is 59.4 Å². The molecule has 0 saturated carbocycles. The third kappa shape index (κ3) is 10.2. The van der Waals surface area contributed by atoms with Crippen molar-refractivity contribution in [2.75, 3.05) is 0 Å². The molecule has 0 spiro atoms. The van der Waals surface area contributed by atoms with Gasteiger partial charge in [0.2, 0.25) is 11.8 Å². The van der Waals surface area contributed by atoms with Crippen LogP contribution in [0.2, 0.25) is 0 Å². The second-order valence-electron chi connectivity index (χ2n) is 6.74. The molecule has 0 fully saturated rings. The highest BCUT2D eigenvalue weighted by molar-refractivity contribution is 8.14. The molecule has 0 saturated heterocycles. The van der Waals surface area contributed by atoms with E-state index in [-0.39, 0.29) is 23.9 Å². The minimum atomic E-state index is -4.82. The van der Waals surface area contributed by atoms with Gasteiger partial charge < -0.3 is 15.4 Å². The molecule has 176 valence electrons. The molecular weight excluding hydrogens is 459 g/mol. The molecule has 1 aromatic carbocycles.